The third kappa shape index (κ3) is 4.71. The number of halogens is 2. The van der Waals surface area contributed by atoms with Crippen LogP contribution in [0.25, 0.3) is 22.3 Å². The van der Waals surface area contributed by atoms with E-state index in [1.165, 1.54) is 29.3 Å². The zero-order valence-corrected chi connectivity index (χ0v) is 20.5. The number of carbonyl (C=O) groups excluding carboxylic acids is 1. The van der Waals surface area contributed by atoms with Crippen molar-refractivity contribution in [1.82, 2.24) is 14.9 Å². The van der Waals surface area contributed by atoms with Crippen LogP contribution in [0.4, 0.5) is 10.2 Å². The molecule has 0 atom stereocenters. The highest BCUT2D eigenvalue weighted by Gasteiger charge is 2.24. The number of hydrogen-bond acceptors (Lipinski definition) is 4. The van der Waals surface area contributed by atoms with Crippen LogP contribution in [0.3, 0.4) is 0 Å². The fourth-order valence-electron chi connectivity index (χ4n) is 4.46. The van der Waals surface area contributed by atoms with E-state index in [0.29, 0.717) is 25.2 Å². The summed E-state index contributed by atoms with van der Waals surface area (Å²) in [5.41, 5.74) is 6.33. The van der Waals surface area contributed by atoms with Gasteiger partial charge in [0.05, 0.1) is 16.1 Å². The van der Waals surface area contributed by atoms with Crippen LogP contribution in [0.1, 0.15) is 27.9 Å². The van der Waals surface area contributed by atoms with E-state index in [9.17, 15) is 9.18 Å². The first-order valence-corrected chi connectivity index (χ1v) is 12.1. The Morgan fingerprint density at radius 3 is 2.31 bits per heavy atom. The van der Waals surface area contributed by atoms with Gasteiger partial charge >= 0.3 is 0 Å². The molecule has 0 bridgehead atoms. The van der Waals surface area contributed by atoms with Gasteiger partial charge in [-0.15, -0.1) is 0 Å². The summed E-state index contributed by atoms with van der Waals surface area (Å²) >= 11 is 5.91. The van der Waals surface area contributed by atoms with Crippen LogP contribution in [-0.2, 0) is 0 Å². The van der Waals surface area contributed by atoms with Crippen LogP contribution in [0, 0.1) is 19.7 Å². The minimum absolute atomic E-state index is 0.0447. The molecule has 0 radical (unpaired) electrons. The van der Waals surface area contributed by atoms with Crippen molar-refractivity contribution in [3.05, 3.63) is 88.2 Å². The third-order valence-corrected chi connectivity index (χ3v) is 6.85. The van der Waals surface area contributed by atoms with Crippen LogP contribution >= 0.6 is 11.6 Å². The average Bonchev–Trinajstić information content (AvgIpc) is 3.12. The first kappa shape index (κ1) is 23.2. The number of fused-ring (bicyclic) bond motifs is 1. The van der Waals surface area contributed by atoms with E-state index >= 15 is 0 Å². The highest BCUT2D eigenvalue weighted by atomic mass is 35.5. The van der Waals surface area contributed by atoms with Gasteiger partial charge in [0.1, 0.15) is 11.5 Å². The predicted molar refractivity (Wildman–Crippen MR) is 139 cm³/mol. The van der Waals surface area contributed by atoms with E-state index in [0.717, 1.165) is 41.1 Å². The number of aromatic nitrogens is 2. The number of hydrogen-bond donors (Lipinski definition) is 0. The number of aryl methyl sites for hydroxylation is 2. The second-order valence-corrected chi connectivity index (χ2v) is 9.36. The first-order valence-electron chi connectivity index (χ1n) is 11.7. The molecule has 2 heterocycles. The van der Waals surface area contributed by atoms with Gasteiger partial charge in [0.15, 0.2) is 5.82 Å². The lowest BCUT2D eigenvalue weighted by atomic mass is 10.1. The van der Waals surface area contributed by atoms with Gasteiger partial charge in [0.2, 0.25) is 0 Å². The van der Waals surface area contributed by atoms with Gasteiger partial charge in [-0.25, -0.2) is 14.4 Å². The molecule has 3 aromatic carbocycles. The van der Waals surface area contributed by atoms with Gasteiger partial charge in [-0.2, -0.15) is 0 Å². The summed E-state index contributed by atoms with van der Waals surface area (Å²) in [5, 5.41) is -0.0447. The SMILES string of the molecule is Cc1cc2nc(-c3ccccc3)c(N3CCCN(C(=O)c4ccc(F)c(Cl)c4)CC3)nc2cc1C. The van der Waals surface area contributed by atoms with Crippen molar-refractivity contribution in [2.45, 2.75) is 20.3 Å². The fourth-order valence-corrected chi connectivity index (χ4v) is 4.64. The standard InChI is InChI=1S/C28H26ClFN4O/c1-18-15-24-25(16-19(18)2)32-27(26(31-24)20-7-4-3-5-8-20)33-11-6-12-34(14-13-33)28(35)21-9-10-23(30)22(29)17-21/h3-5,7-10,15-17H,6,11-14H2,1-2H3. The topological polar surface area (TPSA) is 49.3 Å². The molecule has 4 aromatic rings. The third-order valence-electron chi connectivity index (χ3n) is 6.56. The largest absolute Gasteiger partial charge is 0.353 e. The Balaban J connectivity index is 1.48. The second-order valence-electron chi connectivity index (χ2n) is 8.95. The van der Waals surface area contributed by atoms with Crippen molar-refractivity contribution >= 4 is 34.4 Å². The van der Waals surface area contributed by atoms with E-state index in [-0.39, 0.29) is 10.9 Å². The minimum Gasteiger partial charge on any atom is -0.353 e. The van der Waals surface area contributed by atoms with Gasteiger partial charge in [-0.1, -0.05) is 41.9 Å². The Kier molecular flexibility index (Phi) is 6.39. The molecule has 1 fully saturated rings. The molecule has 35 heavy (non-hydrogen) atoms. The predicted octanol–water partition coefficient (Wildman–Crippen LogP) is 6.06. The number of nitrogens with zero attached hydrogens (tertiary/aromatic N) is 4. The molecule has 178 valence electrons. The summed E-state index contributed by atoms with van der Waals surface area (Å²) in [7, 11) is 0. The zero-order valence-electron chi connectivity index (χ0n) is 19.8. The van der Waals surface area contributed by atoms with E-state index in [4.69, 9.17) is 21.6 Å². The van der Waals surface area contributed by atoms with Crippen molar-refractivity contribution in [3.8, 4) is 11.3 Å². The number of carbonyl (C=O) groups is 1. The van der Waals surface area contributed by atoms with Crippen LogP contribution in [0.15, 0.2) is 60.7 Å². The van der Waals surface area contributed by atoms with Crippen molar-refractivity contribution < 1.29 is 9.18 Å². The zero-order chi connectivity index (χ0) is 24.5. The van der Waals surface area contributed by atoms with Crippen LogP contribution in [0.2, 0.25) is 5.02 Å². The highest BCUT2D eigenvalue weighted by Crippen LogP contribution is 2.31. The molecule has 0 spiro atoms. The maximum atomic E-state index is 13.6. The molecule has 1 saturated heterocycles. The van der Waals surface area contributed by atoms with E-state index in [2.05, 4.69) is 30.9 Å². The molecule has 1 aliphatic rings. The van der Waals surface area contributed by atoms with Gasteiger partial charge in [-0.3, -0.25) is 4.79 Å². The fraction of sp³-hybridized carbons (Fsp3) is 0.250. The smallest absolute Gasteiger partial charge is 0.253 e. The average molecular weight is 489 g/mol. The first-order chi connectivity index (χ1) is 16.9. The quantitative estimate of drug-likeness (QED) is 0.352. The van der Waals surface area contributed by atoms with E-state index in [1.807, 2.05) is 30.3 Å². The van der Waals surface area contributed by atoms with Crippen molar-refractivity contribution in [2.75, 3.05) is 31.1 Å². The Morgan fingerprint density at radius 2 is 1.60 bits per heavy atom. The Hall–Kier alpha value is -3.51. The molecular formula is C28H26ClFN4O. The number of benzene rings is 3. The summed E-state index contributed by atoms with van der Waals surface area (Å²) in [6.07, 6.45) is 0.779. The van der Waals surface area contributed by atoms with Crippen LogP contribution in [-0.4, -0.2) is 47.0 Å². The molecule has 1 aromatic heterocycles. The second kappa shape index (κ2) is 9.62. The maximum Gasteiger partial charge on any atom is 0.253 e. The summed E-state index contributed by atoms with van der Waals surface area (Å²) in [6, 6.07) is 18.4. The number of rotatable bonds is 3. The molecule has 5 rings (SSSR count). The normalized spacial score (nSPS) is 14.3. The molecule has 1 amide bonds. The molecule has 0 saturated carbocycles. The molecule has 0 aliphatic carbocycles. The lowest BCUT2D eigenvalue weighted by Crippen LogP contribution is -2.35. The Morgan fingerprint density at radius 1 is 0.886 bits per heavy atom. The molecule has 7 heteroatoms. The van der Waals surface area contributed by atoms with Gasteiger partial charge in [0, 0.05) is 37.3 Å². The van der Waals surface area contributed by atoms with E-state index < -0.39 is 5.82 Å². The van der Waals surface area contributed by atoms with Gasteiger partial charge in [-0.05, 0) is 61.7 Å². The van der Waals surface area contributed by atoms with Crippen molar-refractivity contribution in [1.29, 1.82) is 0 Å². The molecule has 0 N–H and O–H groups in total. The van der Waals surface area contributed by atoms with Crippen molar-refractivity contribution in [3.63, 3.8) is 0 Å². The van der Waals surface area contributed by atoms with Crippen LogP contribution < -0.4 is 4.90 Å². The van der Waals surface area contributed by atoms with E-state index in [1.54, 1.807) is 4.90 Å². The number of anilines is 1. The monoisotopic (exact) mass is 488 g/mol. The lowest BCUT2D eigenvalue weighted by molar-refractivity contribution is 0.0767. The van der Waals surface area contributed by atoms with Gasteiger partial charge < -0.3 is 9.80 Å². The highest BCUT2D eigenvalue weighted by molar-refractivity contribution is 6.31. The molecular weight excluding hydrogens is 463 g/mol. The summed E-state index contributed by atoms with van der Waals surface area (Å²) in [6.45, 7) is 6.66. The molecule has 1 aliphatic heterocycles. The Bertz CT molecular complexity index is 1410. The summed E-state index contributed by atoms with van der Waals surface area (Å²) in [5.74, 6) is 0.151. The van der Waals surface area contributed by atoms with Crippen LogP contribution in [0.5, 0.6) is 0 Å². The van der Waals surface area contributed by atoms with Gasteiger partial charge in [0.25, 0.3) is 5.91 Å². The number of amides is 1. The lowest BCUT2D eigenvalue weighted by Gasteiger charge is -2.25. The summed E-state index contributed by atoms with van der Waals surface area (Å²) < 4.78 is 13.6. The summed E-state index contributed by atoms with van der Waals surface area (Å²) in [4.78, 5) is 27.2. The minimum atomic E-state index is -0.529. The van der Waals surface area contributed by atoms with Crippen molar-refractivity contribution in [2.24, 2.45) is 0 Å². The maximum absolute atomic E-state index is 13.6. The molecule has 0 unspecified atom stereocenters. The Labute approximate surface area is 209 Å². The molecule has 5 nitrogen and oxygen atoms in total.